The summed E-state index contributed by atoms with van der Waals surface area (Å²) in [5, 5.41) is 2.84. The van der Waals surface area contributed by atoms with Crippen molar-refractivity contribution in [3.05, 3.63) is 88.2 Å². The third-order valence-corrected chi connectivity index (χ3v) is 8.10. The van der Waals surface area contributed by atoms with Crippen molar-refractivity contribution in [1.82, 2.24) is 0 Å². The lowest BCUT2D eigenvalue weighted by Gasteiger charge is -2.27. The highest BCUT2D eigenvalue weighted by Gasteiger charge is 2.41. The van der Waals surface area contributed by atoms with Crippen molar-refractivity contribution in [1.29, 1.82) is 0 Å². The Labute approximate surface area is 238 Å². The van der Waals surface area contributed by atoms with Crippen LogP contribution in [0, 0.1) is 11.2 Å². The number of ether oxygens (including phenoxy) is 2. The van der Waals surface area contributed by atoms with Crippen LogP contribution < -0.4 is 15.0 Å². The number of benzene rings is 3. The van der Waals surface area contributed by atoms with E-state index in [0.717, 1.165) is 49.4 Å². The molecule has 1 saturated carbocycles. The van der Waals surface area contributed by atoms with E-state index in [1.165, 1.54) is 25.0 Å². The zero-order chi connectivity index (χ0) is 28.3. The summed E-state index contributed by atoms with van der Waals surface area (Å²) >= 11 is 6.09. The number of carbonyl (C=O) groups excluding carboxylic acids is 2. The van der Waals surface area contributed by atoms with Crippen molar-refractivity contribution < 1.29 is 23.5 Å². The summed E-state index contributed by atoms with van der Waals surface area (Å²) in [5.74, 6) is -1.00. The molecule has 2 amide bonds. The number of anilines is 2. The molecular weight excluding hydrogens is 533 g/mol. The molecule has 1 atom stereocenters. The monoisotopic (exact) mass is 563 g/mol. The number of para-hydroxylation sites is 1. The first kappa shape index (κ1) is 27.8. The number of halogens is 2. The number of aliphatic imine (C=N–C) groups is 1. The number of nitrogens with one attached hydrogen (secondary N) is 1. The van der Waals surface area contributed by atoms with E-state index in [1.54, 1.807) is 25.3 Å². The van der Waals surface area contributed by atoms with Crippen LogP contribution >= 0.6 is 11.6 Å². The Morgan fingerprint density at radius 3 is 2.70 bits per heavy atom. The number of methoxy groups -OCH3 is 2. The summed E-state index contributed by atoms with van der Waals surface area (Å²) in [6.45, 7) is 0.951. The van der Waals surface area contributed by atoms with Gasteiger partial charge in [0.1, 0.15) is 18.3 Å². The van der Waals surface area contributed by atoms with E-state index in [4.69, 9.17) is 21.1 Å². The second-order valence-corrected chi connectivity index (χ2v) is 10.7. The predicted octanol–water partition coefficient (Wildman–Crippen LogP) is 6.55. The molecule has 1 spiro atoms. The van der Waals surface area contributed by atoms with Crippen LogP contribution in [0.15, 0.2) is 65.7 Å². The summed E-state index contributed by atoms with van der Waals surface area (Å²) < 4.78 is 24.4. The highest BCUT2D eigenvalue weighted by atomic mass is 35.5. The smallest absolute Gasteiger partial charge is 0.258 e. The number of hydrogen-bond acceptors (Lipinski definition) is 5. The Kier molecular flexibility index (Phi) is 8.19. The second kappa shape index (κ2) is 11.8. The molecule has 0 saturated heterocycles. The standard InChI is InChI=1S/C31H31ClFN3O4/c1-39-19-34-23-11-12-31(18-23)13-14-36(27-6-4-3-5-21(27)17-31)30(38)20-7-10-26(28(15-20)40-2)35-29(37)24-16-22(33)8-9-25(24)32/h3-10,15-16H,11-14,17-19H2,1-2H3,(H,35,37)/b34-23+/t31-/m0/s1. The molecule has 1 heterocycles. The van der Waals surface area contributed by atoms with Gasteiger partial charge in [-0.05, 0) is 85.5 Å². The summed E-state index contributed by atoms with van der Waals surface area (Å²) in [7, 11) is 3.11. The van der Waals surface area contributed by atoms with Gasteiger partial charge in [-0.2, -0.15) is 0 Å². The summed E-state index contributed by atoms with van der Waals surface area (Å²) in [5.41, 5.74) is 4.06. The summed E-state index contributed by atoms with van der Waals surface area (Å²) in [4.78, 5) is 33.1. The van der Waals surface area contributed by atoms with E-state index in [-0.39, 0.29) is 21.9 Å². The highest BCUT2D eigenvalue weighted by Crippen LogP contribution is 2.46. The topological polar surface area (TPSA) is 80.2 Å². The number of nitrogens with zero attached hydrogens (tertiary/aromatic N) is 2. The van der Waals surface area contributed by atoms with Crippen LogP contribution in [-0.2, 0) is 11.2 Å². The molecular formula is C31H31ClFN3O4. The molecule has 3 aromatic rings. The molecule has 3 aromatic carbocycles. The molecule has 0 radical (unpaired) electrons. The lowest BCUT2D eigenvalue weighted by Crippen LogP contribution is -2.33. The fraction of sp³-hybridized carbons (Fsp3) is 0.323. The van der Waals surface area contributed by atoms with Gasteiger partial charge >= 0.3 is 0 Å². The van der Waals surface area contributed by atoms with Crippen LogP contribution in [-0.4, -0.2) is 45.0 Å². The zero-order valence-electron chi connectivity index (χ0n) is 22.5. The molecule has 40 heavy (non-hydrogen) atoms. The minimum Gasteiger partial charge on any atom is -0.495 e. The van der Waals surface area contributed by atoms with E-state index in [9.17, 15) is 14.0 Å². The van der Waals surface area contributed by atoms with Gasteiger partial charge in [0.15, 0.2) is 0 Å². The number of carbonyl (C=O) groups is 2. The largest absolute Gasteiger partial charge is 0.495 e. The average molecular weight is 564 g/mol. The first-order valence-corrected chi connectivity index (χ1v) is 13.6. The molecule has 7 nitrogen and oxygen atoms in total. The van der Waals surface area contributed by atoms with Gasteiger partial charge in [0.05, 0.1) is 23.4 Å². The molecule has 1 N–H and O–H groups in total. The van der Waals surface area contributed by atoms with Crippen molar-refractivity contribution in [2.24, 2.45) is 10.4 Å². The fourth-order valence-electron chi connectivity index (χ4n) is 5.72. The normalized spacial score (nSPS) is 19.4. The van der Waals surface area contributed by atoms with Crippen molar-refractivity contribution in [2.45, 2.75) is 32.1 Å². The van der Waals surface area contributed by atoms with Gasteiger partial charge in [-0.1, -0.05) is 29.8 Å². The van der Waals surface area contributed by atoms with E-state index in [2.05, 4.69) is 16.4 Å². The van der Waals surface area contributed by atoms with Gasteiger partial charge in [-0.25, -0.2) is 4.39 Å². The summed E-state index contributed by atoms with van der Waals surface area (Å²) in [6.07, 6.45) is 4.63. The van der Waals surface area contributed by atoms with Gasteiger partial charge in [0, 0.05) is 30.6 Å². The lowest BCUT2D eigenvalue weighted by molar-refractivity contribution is 0.0983. The molecule has 2 aliphatic rings. The van der Waals surface area contributed by atoms with Gasteiger partial charge in [-0.3, -0.25) is 14.6 Å². The summed E-state index contributed by atoms with van der Waals surface area (Å²) in [6, 6.07) is 16.5. The van der Waals surface area contributed by atoms with Crippen LogP contribution in [0.5, 0.6) is 5.75 Å². The second-order valence-electron chi connectivity index (χ2n) is 10.3. The first-order chi connectivity index (χ1) is 19.3. The third kappa shape index (κ3) is 5.74. The maximum absolute atomic E-state index is 13.9. The molecule has 0 unspecified atom stereocenters. The van der Waals surface area contributed by atoms with Crippen molar-refractivity contribution in [3.8, 4) is 5.75 Å². The van der Waals surface area contributed by atoms with Crippen LogP contribution in [0.1, 0.15) is 52.0 Å². The molecule has 5 rings (SSSR count). The molecule has 9 heteroatoms. The van der Waals surface area contributed by atoms with Gasteiger partial charge < -0.3 is 19.7 Å². The molecule has 0 aromatic heterocycles. The Morgan fingerprint density at radius 2 is 1.90 bits per heavy atom. The molecule has 1 aliphatic heterocycles. The van der Waals surface area contributed by atoms with E-state index >= 15 is 0 Å². The molecule has 208 valence electrons. The Balaban J connectivity index is 1.39. The van der Waals surface area contributed by atoms with Crippen LogP contribution in [0.2, 0.25) is 5.02 Å². The molecule has 1 aliphatic carbocycles. The van der Waals surface area contributed by atoms with Crippen molar-refractivity contribution >= 4 is 40.5 Å². The minimum absolute atomic E-state index is 0.00121. The average Bonchev–Trinajstić information content (AvgIpc) is 3.28. The first-order valence-electron chi connectivity index (χ1n) is 13.2. The Morgan fingerprint density at radius 1 is 1.07 bits per heavy atom. The van der Waals surface area contributed by atoms with Crippen molar-refractivity contribution in [2.75, 3.05) is 37.7 Å². The Bertz CT molecular complexity index is 1480. The Hall–Kier alpha value is -3.75. The van der Waals surface area contributed by atoms with Gasteiger partial charge in [0.2, 0.25) is 0 Å². The minimum atomic E-state index is -0.585. The molecule has 0 bridgehead atoms. The number of rotatable bonds is 6. The maximum Gasteiger partial charge on any atom is 0.258 e. The third-order valence-electron chi connectivity index (χ3n) is 7.77. The van der Waals surface area contributed by atoms with Crippen LogP contribution in [0.25, 0.3) is 0 Å². The predicted molar refractivity (Wildman–Crippen MR) is 154 cm³/mol. The van der Waals surface area contributed by atoms with Crippen molar-refractivity contribution in [3.63, 3.8) is 0 Å². The quantitative estimate of drug-likeness (QED) is 0.369. The van der Waals surface area contributed by atoms with Gasteiger partial charge in [-0.15, -0.1) is 0 Å². The fourth-order valence-corrected chi connectivity index (χ4v) is 5.92. The number of amides is 2. The van der Waals surface area contributed by atoms with Crippen LogP contribution in [0.4, 0.5) is 15.8 Å². The number of fused-ring (bicyclic) bond motifs is 1. The lowest BCUT2D eigenvalue weighted by atomic mass is 9.78. The van der Waals surface area contributed by atoms with Crippen LogP contribution in [0.3, 0.4) is 0 Å². The van der Waals surface area contributed by atoms with E-state index in [1.807, 2.05) is 23.1 Å². The zero-order valence-corrected chi connectivity index (χ0v) is 23.3. The van der Waals surface area contributed by atoms with Gasteiger partial charge in [0.25, 0.3) is 11.8 Å². The molecule has 1 fully saturated rings. The number of hydrogen-bond donors (Lipinski definition) is 1. The SMILES string of the molecule is COC/N=C1\CC[C@@]2(CCN(C(=O)c3ccc(NC(=O)c4cc(F)ccc4Cl)c(OC)c3)c3ccccc3C2)C1. The highest BCUT2D eigenvalue weighted by molar-refractivity contribution is 6.34. The van der Waals surface area contributed by atoms with E-state index < -0.39 is 11.7 Å². The van der Waals surface area contributed by atoms with E-state index in [0.29, 0.717) is 30.3 Å². The maximum atomic E-state index is 13.9.